The normalized spacial score (nSPS) is 12.4. The zero-order chi connectivity index (χ0) is 12.3. The molecule has 0 aliphatic carbocycles. The van der Waals surface area contributed by atoms with E-state index in [1.54, 1.807) is 19.2 Å². The number of hydrogen-bond donors (Lipinski definition) is 1. The van der Waals surface area contributed by atoms with Crippen LogP contribution in [-0.4, -0.2) is 30.9 Å². The third-order valence-corrected chi connectivity index (χ3v) is 4.56. The van der Waals surface area contributed by atoms with E-state index in [1.807, 2.05) is 13.8 Å². The molecule has 0 saturated heterocycles. The van der Waals surface area contributed by atoms with Gasteiger partial charge in [0.2, 0.25) is 10.0 Å². The van der Waals surface area contributed by atoms with E-state index in [0.717, 1.165) is 0 Å². The van der Waals surface area contributed by atoms with Gasteiger partial charge in [-0.1, -0.05) is 12.1 Å². The molecule has 1 aromatic carbocycles. The maximum atomic E-state index is 12.0. The standard InChI is InChI=1S/C11H17NO3S/c1-9(2)12(3)16(14,15)11-6-4-10(8-13)5-7-11/h4-7,9,13H,8H2,1-3H3. The molecule has 5 heteroatoms. The fourth-order valence-electron chi connectivity index (χ4n) is 1.21. The van der Waals surface area contributed by atoms with Gasteiger partial charge < -0.3 is 5.11 Å². The summed E-state index contributed by atoms with van der Waals surface area (Å²) in [4.78, 5) is 0.251. The molecule has 0 spiro atoms. The van der Waals surface area contributed by atoms with Crippen molar-refractivity contribution in [1.29, 1.82) is 0 Å². The molecule has 4 nitrogen and oxygen atoms in total. The Morgan fingerprint density at radius 3 is 2.12 bits per heavy atom. The Labute approximate surface area is 96.6 Å². The van der Waals surface area contributed by atoms with Crippen molar-refractivity contribution in [3.63, 3.8) is 0 Å². The van der Waals surface area contributed by atoms with Crippen molar-refractivity contribution in [1.82, 2.24) is 4.31 Å². The summed E-state index contributed by atoms with van der Waals surface area (Å²) in [5, 5.41) is 8.87. The van der Waals surface area contributed by atoms with Crippen molar-refractivity contribution in [2.45, 2.75) is 31.4 Å². The first-order valence-corrected chi connectivity index (χ1v) is 6.51. The Morgan fingerprint density at radius 2 is 1.75 bits per heavy atom. The molecule has 0 bridgehead atoms. The summed E-state index contributed by atoms with van der Waals surface area (Å²) in [5.41, 5.74) is 0.700. The summed E-state index contributed by atoms with van der Waals surface area (Å²) >= 11 is 0. The van der Waals surface area contributed by atoms with Crippen molar-refractivity contribution >= 4 is 10.0 Å². The van der Waals surface area contributed by atoms with Crippen LogP contribution in [0.4, 0.5) is 0 Å². The van der Waals surface area contributed by atoms with Crippen molar-refractivity contribution in [3.05, 3.63) is 29.8 Å². The zero-order valence-electron chi connectivity index (χ0n) is 9.71. The minimum atomic E-state index is -3.41. The van der Waals surface area contributed by atoms with Crippen LogP contribution in [0.15, 0.2) is 29.2 Å². The average molecular weight is 243 g/mol. The van der Waals surface area contributed by atoms with Gasteiger partial charge in [-0.25, -0.2) is 8.42 Å². The van der Waals surface area contributed by atoms with Crippen molar-refractivity contribution < 1.29 is 13.5 Å². The summed E-state index contributed by atoms with van der Waals surface area (Å²) < 4.78 is 25.4. The van der Waals surface area contributed by atoms with Crippen LogP contribution >= 0.6 is 0 Å². The smallest absolute Gasteiger partial charge is 0.243 e. The Morgan fingerprint density at radius 1 is 1.25 bits per heavy atom. The first-order chi connectivity index (χ1) is 7.39. The van der Waals surface area contributed by atoms with E-state index in [4.69, 9.17) is 5.11 Å². The largest absolute Gasteiger partial charge is 0.392 e. The number of benzene rings is 1. The van der Waals surface area contributed by atoms with E-state index in [9.17, 15) is 8.42 Å². The minimum Gasteiger partial charge on any atom is -0.392 e. The number of sulfonamides is 1. The van der Waals surface area contributed by atoms with E-state index < -0.39 is 10.0 Å². The fourth-order valence-corrected chi connectivity index (χ4v) is 2.58. The highest BCUT2D eigenvalue weighted by atomic mass is 32.2. The van der Waals surface area contributed by atoms with Crippen molar-refractivity contribution in [2.75, 3.05) is 7.05 Å². The van der Waals surface area contributed by atoms with Crippen LogP contribution in [0.3, 0.4) is 0 Å². The number of aliphatic hydroxyl groups excluding tert-OH is 1. The quantitative estimate of drug-likeness (QED) is 0.864. The third kappa shape index (κ3) is 2.61. The first-order valence-electron chi connectivity index (χ1n) is 5.07. The summed E-state index contributed by atoms with van der Waals surface area (Å²) in [6, 6.07) is 6.17. The van der Waals surface area contributed by atoms with Crippen LogP contribution < -0.4 is 0 Å². The molecule has 1 rings (SSSR count). The Balaban J connectivity index is 3.08. The van der Waals surface area contributed by atoms with E-state index in [0.29, 0.717) is 5.56 Å². The molecule has 0 saturated carbocycles. The minimum absolute atomic E-state index is 0.0810. The lowest BCUT2D eigenvalue weighted by atomic mass is 10.2. The maximum Gasteiger partial charge on any atom is 0.243 e. The highest BCUT2D eigenvalue weighted by Crippen LogP contribution is 2.16. The van der Waals surface area contributed by atoms with Gasteiger partial charge in [0.05, 0.1) is 11.5 Å². The maximum absolute atomic E-state index is 12.0. The predicted octanol–water partition coefficient (Wildman–Crippen LogP) is 1.21. The molecule has 16 heavy (non-hydrogen) atoms. The lowest BCUT2D eigenvalue weighted by molar-refractivity contribution is 0.281. The van der Waals surface area contributed by atoms with E-state index >= 15 is 0 Å². The molecule has 0 amide bonds. The number of hydrogen-bond acceptors (Lipinski definition) is 3. The molecule has 1 aromatic rings. The molecule has 0 heterocycles. The molecular formula is C11H17NO3S. The van der Waals surface area contributed by atoms with Crippen molar-refractivity contribution in [3.8, 4) is 0 Å². The summed E-state index contributed by atoms with van der Waals surface area (Å²) in [6.07, 6.45) is 0. The zero-order valence-corrected chi connectivity index (χ0v) is 10.5. The van der Waals surface area contributed by atoms with Gasteiger partial charge >= 0.3 is 0 Å². The predicted molar refractivity (Wildman–Crippen MR) is 62.4 cm³/mol. The molecule has 1 N–H and O–H groups in total. The van der Waals surface area contributed by atoms with E-state index in [1.165, 1.54) is 16.4 Å². The summed E-state index contributed by atoms with van der Waals surface area (Å²) in [7, 11) is -1.86. The lowest BCUT2D eigenvalue weighted by Gasteiger charge is -2.20. The second kappa shape index (κ2) is 4.95. The SMILES string of the molecule is CC(C)N(C)S(=O)(=O)c1ccc(CO)cc1. The van der Waals surface area contributed by atoms with Gasteiger partial charge in [0.25, 0.3) is 0 Å². The molecule has 0 aromatic heterocycles. The van der Waals surface area contributed by atoms with Gasteiger partial charge in [0.1, 0.15) is 0 Å². The third-order valence-electron chi connectivity index (χ3n) is 2.51. The molecule has 0 atom stereocenters. The topological polar surface area (TPSA) is 57.6 Å². The van der Waals surface area contributed by atoms with Crippen LogP contribution in [0, 0.1) is 0 Å². The van der Waals surface area contributed by atoms with Gasteiger partial charge in [0, 0.05) is 13.1 Å². The molecule has 0 aliphatic rings. The van der Waals surface area contributed by atoms with Crippen LogP contribution in [0.5, 0.6) is 0 Å². The Kier molecular flexibility index (Phi) is 4.07. The molecule has 0 aliphatic heterocycles. The van der Waals surface area contributed by atoms with E-state index in [-0.39, 0.29) is 17.5 Å². The average Bonchev–Trinajstić information content (AvgIpc) is 2.28. The molecule has 0 fully saturated rings. The van der Waals surface area contributed by atoms with Gasteiger partial charge in [-0.05, 0) is 31.5 Å². The summed E-state index contributed by atoms with van der Waals surface area (Å²) in [6.45, 7) is 3.56. The van der Waals surface area contributed by atoms with Crippen LogP contribution in [0.1, 0.15) is 19.4 Å². The Hall–Kier alpha value is -0.910. The highest BCUT2D eigenvalue weighted by Gasteiger charge is 2.22. The molecule has 90 valence electrons. The second-order valence-corrected chi connectivity index (χ2v) is 5.91. The van der Waals surface area contributed by atoms with E-state index in [2.05, 4.69) is 0 Å². The van der Waals surface area contributed by atoms with Crippen molar-refractivity contribution in [2.24, 2.45) is 0 Å². The molecule has 0 unspecified atom stereocenters. The fraction of sp³-hybridized carbons (Fsp3) is 0.455. The number of nitrogens with zero attached hydrogens (tertiary/aromatic N) is 1. The second-order valence-electron chi connectivity index (χ2n) is 3.92. The van der Waals surface area contributed by atoms with Gasteiger partial charge in [-0.15, -0.1) is 0 Å². The van der Waals surface area contributed by atoms with Gasteiger partial charge in [0.15, 0.2) is 0 Å². The highest BCUT2D eigenvalue weighted by molar-refractivity contribution is 7.89. The van der Waals surface area contributed by atoms with Gasteiger partial charge in [-0.3, -0.25) is 0 Å². The Bertz CT molecular complexity index is 437. The molecular weight excluding hydrogens is 226 g/mol. The summed E-state index contributed by atoms with van der Waals surface area (Å²) in [5.74, 6) is 0. The first kappa shape index (κ1) is 13.2. The number of rotatable bonds is 4. The lowest BCUT2D eigenvalue weighted by Crippen LogP contribution is -2.33. The van der Waals surface area contributed by atoms with Crippen LogP contribution in [0.2, 0.25) is 0 Å². The monoisotopic (exact) mass is 243 g/mol. The van der Waals surface area contributed by atoms with Crippen LogP contribution in [0.25, 0.3) is 0 Å². The molecule has 0 radical (unpaired) electrons. The van der Waals surface area contributed by atoms with Crippen LogP contribution in [-0.2, 0) is 16.6 Å². The van der Waals surface area contributed by atoms with Gasteiger partial charge in [-0.2, -0.15) is 4.31 Å². The number of aliphatic hydroxyl groups is 1.